The van der Waals surface area contributed by atoms with Crippen molar-refractivity contribution in [3.8, 4) is 5.75 Å². The van der Waals surface area contributed by atoms with E-state index in [2.05, 4.69) is 10.1 Å². The minimum Gasteiger partial charge on any atom is -0.497 e. The number of rotatable bonds is 3. The summed E-state index contributed by atoms with van der Waals surface area (Å²) in [5, 5.41) is 3.38. The van der Waals surface area contributed by atoms with Crippen LogP contribution in [0.3, 0.4) is 0 Å². The second kappa shape index (κ2) is 4.54. The molecule has 1 aromatic carbocycles. The first kappa shape index (κ1) is 13.0. The molecule has 3 rings (SSSR count). The quantitative estimate of drug-likeness (QED) is 0.865. The van der Waals surface area contributed by atoms with Crippen molar-refractivity contribution in [3.05, 3.63) is 41.0 Å². The molecule has 20 heavy (non-hydrogen) atoms. The van der Waals surface area contributed by atoms with Gasteiger partial charge in [0.25, 0.3) is 0 Å². The number of nitrogens with zero attached hydrogens (tertiary/aromatic N) is 2. The molecule has 1 unspecified atom stereocenters. The topological polar surface area (TPSA) is 48.2 Å². The lowest BCUT2D eigenvalue weighted by Crippen LogP contribution is -2.09. The van der Waals surface area contributed by atoms with Crippen molar-refractivity contribution in [1.29, 1.82) is 0 Å². The van der Waals surface area contributed by atoms with Gasteiger partial charge in [-0.05, 0) is 36.1 Å². The van der Waals surface area contributed by atoms with Gasteiger partial charge in [0.15, 0.2) is 0 Å². The number of ether oxygens (including phenoxy) is 1. The van der Waals surface area contributed by atoms with Crippen LogP contribution in [0.1, 0.15) is 42.1 Å². The Morgan fingerprint density at radius 3 is 2.85 bits per heavy atom. The van der Waals surface area contributed by atoms with Crippen molar-refractivity contribution >= 4 is 0 Å². The van der Waals surface area contributed by atoms with Gasteiger partial charge in [-0.15, -0.1) is 0 Å². The van der Waals surface area contributed by atoms with Gasteiger partial charge < -0.3 is 9.26 Å². The molecule has 2 aromatic rings. The SMILES string of the molecule is COc1ccc2c(c1)C(c1nc(C(C)(F)F)no1)CC2. The van der Waals surface area contributed by atoms with E-state index in [1.54, 1.807) is 7.11 Å². The maximum Gasteiger partial charge on any atom is 0.307 e. The summed E-state index contributed by atoms with van der Waals surface area (Å²) in [6.45, 7) is 0.757. The lowest BCUT2D eigenvalue weighted by atomic mass is 10.0. The van der Waals surface area contributed by atoms with Crippen LogP contribution >= 0.6 is 0 Å². The number of halogens is 2. The zero-order valence-electron chi connectivity index (χ0n) is 11.2. The van der Waals surface area contributed by atoms with E-state index in [0.717, 1.165) is 31.1 Å². The number of hydrogen-bond acceptors (Lipinski definition) is 4. The second-order valence-corrected chi connectivity index (χ2v) is 5.00. The number of aryl methyl sites for hydroxylation is 1. The zero-order valence-corrected chi connectivity index (χ0v) is 11.2. The van der Waals surface area contributed by atoms with Crippen LogP contribution in [0.15, 0.2) is 22.7 Å². The molecule has 0 saturated carbocycles. The summed E-state index contributed by atoms with van der Waals surface area (Å²) in [7, 11) is 1.59. The highest BCUT2D eigenvalue weighted by molar-refractivity contribution is 5.43. The van der Waals surface area contributed by atoms with Gasteiger partial charge in [-0.1, -0.05) is 11.2 Å². The standard InChI is InChI=1S/C14H14F2N2O2/c1-14(15,16)13-17-12(20-18-13)10-6-4-8-3-5-9(19-2)7-11(8)10/h3,5,7,10H,4,6H2,1-2H3. The third-order valence-corrected chi connectivity index (χ3v) is 3.56. The number of aromatic nitrogens is 2. The van der Waals surface area contributed by atoms with Gasteiger partial charge in [0.1, 0.15) is 5.75 Å². The van der Waals surface area contributed by atoms with E-state index in [0.29, 0.717) is 0 Å². The number of hydrogen-bond donors (Lipinski definition) is 0. The molecule has 0 aliphatic heterocycles. The fourth-order valence-electron chi connectivity index (χ4n) is 2.52. The number of benzene rings is 1. The summed E-state index contributed by atoms with van der Waals surface area (Å²) in [4.78, 5) is 3.85. The summed E-state index contributed by atoms with van der Waals surface area (Å²) in [6, 6.07) is 5.78. The first-order valence-electron chi connectivity index (χ1n) is 6.38. The van der Waals surface area contributed by atoms with Crippen LogP contribution in [0, 0.1) is 0 Å². The van der Waals surface area contributed by atoms with Crippen molar-refractivity contribution in [2.75, 3.05) is 7.11 Å². The van der Waals surface area contributed by atoms with E-state index in [1.165, 1.54) is 5.56 Å². The predicted molar refractivity (Wildman–Crippen MR) is 67.0 cm³/mol. The molecule has 106 valence electrons. The van der Waals surface area contributed by atoms with Crippen molar-refractivity contribution in [3.63, 3.8) is 0 Å². The summed E-state index contributed by atoms with van der Waals surface area (Å²) >= 11 is 0. The summed E-state index contributed by atoms with van der Waals surface area (Å²) in [5.41, 5.74) is 2.18. The molecule has 1 aromatic heterocycles. The average molecular weight is 280 g/mol. The van der Waals surface area contributed by atoms with Crippen molar-refractivity contribution in [2.24, 2.45) is 0 Å². The summed E-state index contributed by atoms with van der Waals surface area (Å²) < 4.78 is 36.5. The normalized spacial score (nSPS) is 18.1. The van der Waals surface area contributed by atoms with Gasteiger partial charge in [0, 0.05) is 6.92 Å². The molecule has 1 heterocycles. The Kier molecular flexibility index (Phi) is 2.96. The van der Waals surface area contributed by atoms with Gasteiger partial charge in [0.2, 0.25) is 11.7 Å². The maximum absolute atomic E-state index is 13.2. The summed E-state index contributed by atoms with van der Waals surface area (Å²) in [6.07, 6.45) is 1.64. The van der Waals surface area contributed by atoms with E-state index in [9.17, 15) is 8.78 Å². The maximum atomic E-state index is 13.2. The highest BCUT2D eigenvalue weighted by atomic mass is 19.3. The lowest BCUT2D eigenvalue weighted by molar-refractivity contribution is 0.00559. The van der Waals surface area contributed by atoms with Crippen LogP contribution in [0.2, 0.25) is 0 Å². The van der Waals surface area contributed by atoms with E-state index >= 15 is 0 Å². The highest BCUT2D eigenvalue weighted by Crippen LogP contribution is 2.39. The highest BCUT2D eigenvalue weighted by Gasteiger charge is 2.35. The Labute approximate surface area is 114 Å². The average Bonchev–Trinajstić information content (AvgIpc) is 3.03. The Morgan fingerprint density at radius 1 is 1.40 bits per heavy atom. The van der Waals surface area contributed by atoms with Crippen molar-refractivity contribution in [2.45, 2.75) is 31.6 Å². The van der Waals surface area contributed by atoms with Gasteiger partial charge in [-0.3, -0.25) is 0 Å². The molecule has 0 radical (unpaired) electrons. The first-order valence-corrected chi connectivity index (χ1v) is 6.38. The molecule has 0 fully saturated rings. The molecule has 0 spiro atoms. The molecule has 1 atom stereocenters. The molecular weight excluding hydrogens is 266 g/mol. The molecule has 4 nitrogen and oxygen atoms in total. The fourth-order valence-corrected chi connectivity index (χ4v) is 2.52. The monoisotopic (exact) mass is 280 g/mol. The zero-order chi connectivity index (χ0) is 14.3. The minimum absolute atomic E-state index is 0.135. The summed E-state index contributed by atoms with van der Waals surface area (Å²) in [5.74, 6) is -2.81. The molecule has 0 saturated heterocycles. The number of methoxy groups -OCH3 is 1. The Balaban J connectivity index is 1.96. The number of fused-ring (bicyclic) bond motifs is 1. The van der Waals surface area contributed by atoms with Gasteiger partial charge in [0.05, 0.1) is 13.0 Å². The van der Waals surface area contributed by atoms with Gasteiger partial charge in [-0.2, -0.15) is 13.8 Å². The Bertz CT molecular complexity index is 634. The third-order valence-electron chi connectivity index (χ3n) is 3.56. The Hall–Kier alpha value is -1.98. The van der Waals surface area contributed by atoms with Gasteiger partial charge >= 0.3 is 5.92 Å². The molecule has 0 N–H and O–H groups in total. The van der Waals surface area contributed by atoms with Crippen LogP contribution in [0.25, 0.3) is 0 Å². The van der Waals surface area contributed by atoms with Crippen LogP contribution in [-0.2, 0) is 12.3 Å². The van der Waals surface area contributed by atoms with Crippen molar-refractivity contribution in [1.82, 2.24) is 10.1 Å². The van der Waals surface area contributed by atoms with Crippen LogP contribution in [0.4, 0.5) is 8.78 Å². The molecule has 0 amide bonds. The molecule has 1 aliphatic carbocycles. The smallest absolute Gasteiger partial charge is 0.307 e. The first-order chi connectivity index (χ1) is 9.49. The van der Waals surface area contributed by atoms with E-state index < -0.39 is 11.7 Å². The fraction of sp³-hybridized carbons (Fsp3) is 0.429. The lowest BCUT2D eigenvalue weighted by Gasteiger charge is -2.08. The third kappa shape index (κ3) is 2.15. The largest absolute Gasteiger partial charge is 0.497 e. The molecule has 0 bridgehead atoms. The molecule has 6 heteroatoms. The predicted octanol–water partition coefficient (Wildman–Crippen LogP) is 3.27. The van der Waals surface area contributed by atoms with E-state index in [-0.39, 0.29) is 11.8 Å². The van der Waals surface area contributed by atoms with Crippen LogP contribution < -0.4 is 4.74 Å². The molecule has 1 aliphatic rings. The second-order valence-electron chi connectivity index (χ2n) is 5.00. The van der Waals surface area contributed by atoms with Crippen LogP contribution in [-0.4, -0.2) is 17.3 Å². The van der Waals surface area contributed by atoms with Crippen LogP contribution in [0.5, 0.6) is 5.75 Å². The van der Waals surface area contributed by atoms with Crippen molar-refractivity contribution < 1.29 is 18.0 Å². The molecular formula is C14H14F2N2O2. The van der Waals surface area contributed by atoms with E-state index in [1.807, 2.05) is 18.2 Å². The minimum atomic E-state index is -3.09. The Morgan fingerprint density at radius 2 is 2.20 bits per heavy atom. The van der Waals surface area contributed by atoms with E-state index in [4.69, 9.17) is 9.26 Å². The van der Waals surface area contributed by atoms with Gasteiger partial charge in [-0.25, -0.2) is 0 Å². The number of alkyl halides is 2.